The third-order valence-corrected chi connectivity index (χ3v) is 4.22. The molecule has 25 heavy (non-hydrogen) atoms. The lowest BCUT2D eigenvalue weighted by Gasteiger charge is -2.15. The second kappa shape index (κ2) is 7.67. The second-order valence-corrected chi connectivity index (χ2v) is 6.46. The van der Waals surface area contributed by atoms with E-state index in [0.29, 0.717) is 10.0 Å². The molecule has 5 nitrogen and oxygen atoms in total. The number of thiocarbonyl (C=S) groups is 1. The molecule has 0 saturated heterocycles. The lowest BCUT2D eigenvalue weighted by Crippen LogP contribution is -2.26. The first-order valence-corrected chi connectivity index (χ1v) is 8.04. The van der Waals surface area contributed by atoms with Crippen molar-refractivity contribution in [1.82, 2.24) is 14.9 Å². The fourth-order valence-corrected chi connectivity index (χ4v) is 2.57. The highest BCUT2D eigenvalue weighted by Gasteiger charge is 2.33. The maximum absolute atomic E-state index is 12.8. The van der Waals surface area contributed by atoms with Crippen LogP contribution < -0.4 is 5.32 Å². The predicted octanol–water partition coefficient (Wildman–Crippen LogP) is 3.78. The van der Waals surface area contributed by atoms with Gasteiger partial charge in [-0.15, -0.1) is 0 Å². The number of hydrogen-bond acceptors (Lipinski definition) is 5. The molecule has 10 heteroatoms. The molecule has 0 unspecified atom stereocenters. The molecule has 1 heterocycles. The first kappa shape index (κ1) is 19.0. The molecule has 130 valence electrons. The minimum absolute atomic E-state index is 0.0448. The molecule has 2 rings (SSSR count). The summed E-state index contributed by atoms with van der Waals surface area (Å²) in [6.45, 7) is 0. The average Bonchev–Trinajstić information content (AvgIpc) is 2.55. The van der Waals surface area contributed by atoms with E-state index in [0.717, 1.165) is 23.5 Å². The first-order valence-electron chi connectivity index (χ1n) is 6.81. The first-order chi connectivity index (χ1) is 11.7. The SMILES string of the molecule is CN(C)C(=S)Nc1ccc(Sc2cc(C(F)(F)F)nc(C#N)n2)cc1. The molecule has 0 fully saturated rings. The molecule has 1 N–H and O–H groups in total. The zero-order chi connectivity index (χ0) is 18.6. The number of halogens is 3. The number of nitriles is 1. The monoisotopic (exact) mass is 383 g/mol. The maximum Gasteiger partial charge on any atom is 0.433 e. The van der Waals surface area contributed by atoms with Gasteiger partial charge in [-0.2, -0.15) is 18.4 Å². The Bertz CT molecular complexity index is 813. The summed E-state index contributed by atoms with van der Waals surface area (Å²) in [5.41, 5.74) is -0.393. The number of nitrogens with zero attached hydrogens (tertiary/aromatic N) is 4. The molecule has 1 aromatic carbocycles. The van der Waals surface area contributed by atoms with Crippen molar-refractivity contribution in [3.05, 3.63) is 41.9 Å². The van der Waals surface area contributed by atoms with Crippen LogP contribution >= 0.6 is 24.0 Å². The smallest absolute Gasteiger partial charge is 0.355 e. The standard InChI is InChI=1S/C15H12F3N5S2/c1-23(2)14(24)20-9-3-5-10(6-4-9)25-13-7-11(15(16,17)18)21-12(8-19)22-13/h3-7H,1-2H3,(H,20,24). The van der Waals surface area contributed by atoms with Crippen LogP contribution in [0.4, 0.5) is 18.9 Å². The molecule has 0 aliphatic heterocycles. The summed E-state index contributed by atoms with van der Waals surface area (Å²) in [5, 5.41) is 12.4. The normalized spacial score (nSPS) is 10.9. The number of alkyl halides is 3. The fourth-order valence-electron chi connectivity index (χ4n) is 1.63. The van der Waals surface area contributed by atoms with Crippen LogP contribution in [0.15, 0.2) is 40.3 Å². The van der Waals surface area contributed by atoms with Gasteiger partial charge in [0, 0.05) is 30.7 Å². The summed E-state index contributed by atoms with van der Waals surface area (Å²) in [6, 6.07) is 9.28. The largest absolute Gasteiger partial charge is 0.433 e. The zero-order valence-electron chi connectivity index (χ0n) is 13.1. The molecule has 2 aromatic rings. The van der Waals surface area contributed by atoms with Crippen LogP contribution in [0.1, 0.15) is 11.5 Å². The molecule has 0 aliphatic carbocycles. The van der Waals surface area contributed by atoms with E-state index in [4.69, 9.17) is 17.5 Å². The summed E-state index contributed by atoms with van der Waals surface area (Å²) in [4.78, 5) is 9.39. The van der Waals surface area contributed by atoms with E-state index in [1.165, 1.54) is 0 Å². The lowest BCUT2D eigenvalue weighted by molar-refractivity contribution is -0.141. The minimum Gasteiger partial charge on any atom is -0.355 e. The highest BCUT2D eigenvalue weighted by Crippen LogP contribution is 2.32. The molecular weight excluding hydrogens is 371 g/mol. The Hall–Kier alpha value is -2.38. The van der Waals surface area contributed by atoms with E-state index in [1.54, 1.807) is 49.3 Å². The van der Waals surface area contributed by atoms with Gasteiger partial charge < -0.3 is 10.2 Å². The van der Waals surface area contributed by atoms with Crippen LogP contribution in [0.25, 0.3) is 0 Å². The quantitative estimate of drug-likeness (QED) is 0.639. The van der Waals surface area contributed by atoms with Gasteiger partial charge >= 0.3 is 6.18 Å². The summed E-state index contributed by atoms with van der Waals surface area (Å²) in [5.74, 6) is -0.521. The van der Waals surface area contributed by atoms with E-state index in [1.807, 2.05) is 0 Å². The Morgan fingerprint density at radius 1 is 1.24 bits per heavy atom. The molecule has 0 amide bonds. The van der Waals surface area contributed by atoms with Crippen molar-refractivity contribution < 1.29 is 13.2 Å². The molecule has 0 radical (unpaired) electrons. The number of anilines is 1. The minimum atomic E-state index is -4.64. The van der Waals surface area contributed by atoms with E-state index in [9.17, 15) is 13.2 Å². The van der Waals surface area contributed by atoms with Crippen molar-refractivity contribution in [2.45, 2.75) is 16.1 Å². The van der Waals surface area contributed by atoms with Crippen LogP contribution in [0, 0.1) is 11.3 Å². The van der Waals surface area contributed by atoms with Gasteiger partial charge in [-0.25, -0.2) is 9.97 Å². The van der Waals surface area contributed by atoms with Gasteiger partial charge in [0.25, 0.3) is 0 Å². The highest BCUT2D eigenvalue weighted by molar-refractivity contribution is 7.99. The van der Waals surface area contributed by atoms with Crippen molar-refractivity contribution in [1.29, 1.82) is 5.26 Å². The Morgan fingerprint density at radius 3 is 2.40 bits per heavy atom. The van der Waals surface area contributed by atoms with Crippen LogP contribution in [0.2, 0.25) is 0 Å². The summed E-state index contributed by atoms with van der Waals surface area (Å²) in [7, 11) is 3.61. The third kappa shape index (κ3) is 5.30. The fraction of sp³-hybridized carbons (Fsp3) is 0.200. The van der Waals surface area contributed by atoms with Crippen LogP contribution in [0.5, 0.6) is 0 Å². The molecule has 1 aromatic heterocycles. The number of hydrogen-bond donors (Lipinski definition) is 1. The van der Waals surface area contributed by atoms with E-state index in [2.05, 4.69) is 15.3 Å². The molecule has 0 spiro atoms. The van der Waals surface area contributed by atoms with E-state index < -0.39 is 17.7 Å². The van der Waals surface area contributed by atoms with Crippen molar-refractivity contribution in [2.75, 3.05) is 19.4 Å². The van der Waals surface area contributed by atoms with E-state index >= 15 is 0 Å². The molecular formula is C15H12F3N5S2. The zero-order valence-corrected chi connectivity index (χ0v) is 14.8. The van der Waals surface area contributed by atoms with Crippen molar-refractivity contribution in [2.24, 2.45) is 0 Å². The molecule has 0 saturated carbocycles. The van der Waals surface area contributed by atoms with Crippen molar-refractivity contribution in [3.8, 4) is 6.07 Å². The van der Waals surface area contributed by atoms with Gasteiger partial charge in [0.1, 0.15) is 16.8 Å². The van der Waals surface area contributed by atoms with Gasteiger partial charge in [-0.1, -0.05) is 11.8 Å². The number of rotatable bonds is 3. The maximum atomic E-state index is 12.8. The Kier molecular flexibility index (Phi) is 5.81. The lowest BCUT2D eigenvalue weighted by atomic mass is 10.3. The van der Waals surface area contributed by atoms with Crippen molar-refractivity contribution >= 4 is 34.8 Å². The van der Waals surface area contributed by atoms with Crippen LogP contribution in [-0.2, 0) is 6.18 Å². The predicted molar refractivity (Wildman–Crippen MR) is 92.2 cm³/mol. The topological polar surface area (TPSA) is 64.8 Å². The van der Waals surface area contributed by atoms with Crippen LogP contribution in [0.3, 0.4) is 0 Å². The van der Waals surface area contributed by atoms with Gasteiger partial charge in [0.15, 0.2) is 5.11 Å². The number of nitrogens with one attached hydrogen (secondary N) is 1. The summed E-state index contributed by atoms with van der Waals surface area (Å²) >= 11 is 6.14. The Labute approximate surface area is 151 Å². The van der Waals surface area contributed by atoms with Gasteiger partial charge in [-0.05, 0) is 36.5 Å². The van der Waals surface area contributed by atoms with Crippen molar-refractivity contribution in [3.63, 3.8) is 0 Å². The van der Waals surface area contributed by atoms with Gasteiger partial charge in [-0.3, -0.25) is 0 Å². The molecule has 0 aliphatic rings. The molecule has 0 atom stereocenters. The van der Waals surface area contributed by atoms with Crippen LogP contribution in [-0.4, -0.2) is 34.1 Å². The second-order valence-electron chi connectivity index (χ2n) is 4.98. The number of benzene rings is 1. The summed E-state index contributed by atoms with van der Waals surface area (Å²) in [6.07, 6.45) is -4.64. The Balaban J connectivity index is 2.20. The van der Waals surface area contributed by atoms with Gasteiger partial charge in [0.05, 0.1) is 0 Å². The van der Waals surface area contributed by atoms with Gasteiger partial charge in [0.2, 0.25) is 5.82 Å². The highest BCUT2D eigenvalue weighted by atomic mass is 32.2. The third-order valence-electron chi connectivity index (χ3n) is 2.83. The average molecular weight is 383 g/mol. The van der Waals surface area contributed by atoms with E-state index in [-0.39, 0.29) is 5.03 Å². The number of aromatic nitrogens is 2. The summed E-state index contributed by atoms with van der Waals surface area (Å²) < 4.78 is 38.5. The Morgan fingerprint density at radius 2 is 1.88 bits per heavy atom. The molecule has 0 bridgehead atoms.